The average molecular weight is 382 g/mol. The number of rotatable bonds is 6. The van der Waals surface area contributed by atoms with E-state index in [0.29, 0.717) is 16.8 Å². The normalized spacial score (nSPS) is 13.4. The summed E-state index contributed by atoms with van der Waals surface area (Å²) in [5.74, 6) is -0.879. The second-order valence-electron chi connectivity index (χ2n) is 7.01. The fourth-order valence-electron chi connectivity index (χ4n) is 3.26. The monoisotopic (exact) mass is 382 g/mol. The van der Waals surface area contributed by atoms with Gasteiger partial charge in [0, 0.05) is 42.7 Å². The molecule has 1 saturated heterocycles. The van der Waals surface area contributed by atoms with E-state index in [1.807, 2.05) is 11.8 Å². The van der Waals surface area contributed by atoms with E-state index in [1.54, 1.807) is 18.2 Å². The lowest BCUT2D eigenvalue weighted by Crippen LogP contribution is -2.27. The highest BCUT2D eigenvalue weighted by Gasteiger charge is 2.20. The lowest BCUT2D eigenvalue weighted by Gasteiger charge is -2.16. The molecule has 5 nitrogen and oxygen atoms in total. The summed E-state index contributed by atoms with van der Waals surface area (Å²) in [6, 6.07) is 10.5. The number of amides is 2. The summed E-state index contributed by atoms with van der Waals surface area (Å²) in [6.07, 6.45) is 2.15. The van der Waals surface area contributed by atoms with Crippen molar-refractivity contribution in [3.05, 3.63) is 65.0 Å². The standard InChI is InChI=1S/C22H23FN2O3/c1-15-14-17(22(28)25-12-2-3-13-25)6-9-19(15)24-21(27)11-10-20(26)16-4-7-18(23)8-5-16/h4-9,14H,2-3,10-13H2,1H3,(H,24,27). The van der Waals surface area contributed by atoms with Crippen LogP contribution in [0, 0.1) is 12.7 Å². The number of carbonyl (C=O) groups excluding carboxylic acids is 3. The quantitative estimate of drug-likeness (QED) is 0.769. The minimum Gasteiger partial charge on any atom is -0.339 e. The van der Waals surface area contributed by atoms with Gasteiger partial charge in [0.25, 0.3) is 5.91 Å². The van der Waals surface area contributed by atoms with E-state index in [4.69, 9.17) is 0 Å². The van der Waals surface area contributed by atoms with Gasteiger partial charge >= 0.3 is 0 Å². The molecule has 0 spiro atoms. The van der Waals surface area contributed by atoms with Crippen LogP contribution in [-0.4, -0.2) is 35.6 Å². The number of hydrogen-bond donors (Lipinski definition) is 1. The zero-order valence-corrected chi connectivity index (χ0v) is 15.8. The molecule has 0 radical (unpaired) electrons. The van der Waals surface area contributed by atoms with Crippen molar-refractivity contribution in [1.29, 1.82) is 0 Å². The Morgan fingerprint density at radius 3 is 2.25 bits per heavy atom. The van der Waals surface area contributed by atoms with Gasteiger partial charge in [0.1, 0.15) is 5.82 Å². The molecule has 0 saturated carbocycles. The molecule has 0 atom stereocenters. The highest BCUT2D eigenvalue weighted by atomic mass is 19.1. The number of anilines is 1. The maximum absolute atomic E-state index is 12.9. The number of aryl methyl sites for hydroxylation is 1. The zero-order valence-electron chi connectivity index (χ0n) is 15.8. The largest absolute Gasteiger partial charge is 0.339 e. The van der Waals surface area contributed by atoms with Crippen LogP contribution in [0.2, 0.25) is 0 Å². The Hall–Kier alpha value is -3.02. The Labute approximate surface area is 163 Å². The van der Waals surface area contributed by atoms with Gasteiger partial charge in [-0.1, -0.05) is 0 Å². The van der Waals surface area contributed by atoms with Gasteiger partial charge in [-0.25, -0.2) is 4.39 Å². The molecule has 2 aromatic rings. The molecule has 0 bridgehead atoms. The molecule has 0 aliphatic carbocycles. The van der Waals surface area contributed by atoms with E-state index < -0.39 is 5.82 Å². The number of Topliss-reactive ketones (excluding diaryl/α,β-unsaturated/α-hetero) is 1. The minimum absolute atomic E-state index is 0.0170. The van der Waals surface area contributed by atoms with Crippen LogP contribution in [0.5, 0.6) is 0 Å². The summed E-state index contributed by atoms with van der Waals surface area (Å²) >= 11 is 0. The highest BCUT2D eigenvalue weighted by molar-refractivity contribution is 6.00. The first-order chi connectivity index (χ1) is 13.4. The number of ketones is 1. The van der Waals surface area contributed by atoms with Gasteiger partial charge in [0.2, 0.25) is 5.91 Å². The van der Waals surface area contributed by atoms with Crippen molar-refractivity contribution in [2.75, 3.05) is 18.4 Å². The summed E-state index contributed by atoms with van der Waals surface area (Å²) in [6.45, 7) is 3.41. The number of benzene rings is 2. The molecular formula is C22H23FN2O3. The Bertz CT molecular complexity index is 887. The molecule has 2 amide bonds. The molecule has 2 aromatic carbocycles. The van der Waals surface area contributed by atoms with E-state index >= 15 is 0 Å². The number of likely N-dealkylation sites (tertiary alicyclic amines) is 1. The van der Waals surface area contributed by atoms with Crippen molar-refractivity contribution in [3.63, 3.8) is 0 Å². The van der Waals surface area contributed by atoms with Crippen molar-refractivity contribution >= 4 is 23.3 Å². The number of nitrogens with one attached hydrogen (secondary N) is 1. The van der Waals surface area contributed by atoms with E-state index in [1.165, 1.54) is 24.3 Å². The number of carbonyl (C=O) groups is 3. The van der Waals surface area contributed by atoms with Crippen LogP contribution in [0.3, 0.4) is 0 Å². The van der Waals surface area contributed by atoms with E-state index in [0.717, 1.165) is 31.5 Å². The molecule has 3 rings (SSSR count). The van der Waals surface area contributed by atoms with Crippen molar-refractivity contribution in [2.45, 2.75) is 32.6 Å². The van der Waals surface area contributed by atoms with Crippen LogP contribution in [0.25, 0.3) is 0 Å². The summed E-state index contributed by atoms with van der Waals surface area (Å²) in [5, 5.41) is 2.79. The fourth-order valence-corrected chi connectivity index (χ4v) is 3.26. The molecule has 1 N–H and O–H groups in total. The minimum atomic E-state index is -0.406. The molecule has 1 fully saturated rings. The van der Waals surface area contributed by atoms with E-state index in [9.17, 15) is 18.8 Å². The zero-order chi connectivity index (χ0) is 20.1. The second-order valence-corrected chi connectivity index (χ2v) is 7.01. The maximum Gasteiger partial charge on any atom is 0.253 e. The van der Waals surface area contributed by atoms with Crippen LogP contribution in [-0.2, 0) is 4.79 Å². The number of halogens is 1. The average Bonchev–Trinajstić information content (AvgIpc) is 3.22. The van der Waals surface area contributed by atoms with Gasteiger partial charge in [-0.15, -0.1) is 0 Å². The first kappa shape index (κ1) is 19.7. The van der Waals surface area contributed by atoms with Crippen molar-refractivity contribution in [2.24, 2.45) is 0 Å². The Kier molecular flexibility index (Phi) is 6.19. The first-order valence-corrected chi connectivity index (χ1v) is 9.42. The molecule has 1 heterocycles. The molecule has 1 aliphatic rings. The van der Waals surface area contributed by atoms with Gasteiger partial charge in [-0.2, -0.15) is 0 Å². The number of nitrogens with zero attached hydrogens (tertiary/aromatic N) is 1. The summed E-state index contributed by atoms with van der Waals surface area (Å²) in [7, 11) is 0. The van der Waals surface area contributed by atoms with Crippen molar-refractivity contribution in [1.82, 2.24) is 4.90 Å². The third-order valence-corrected chi connectivity index (χ3v) is 4.89. The van der Waals surface area contributed by atoms with Gasteiger partial charge in [0.15, 0.2) is 5.78 Å². The Morgan fingerprint density at radius 2 is 1.61 bits per heavy atom. The van der Waals surface area contributed by atoms with Crippen LogP contribution in [0.4, 0.5) is 10.1 Å². The fraction of sp³-hybridized carbons (Fsp3) is 0.318. The molecule has 0 unspecified atom stereocenters. The Morgan fingerprint density at radius 1 is 0.964 bits per heavy atom. The predicted octanol–water partition coefficient (Wildman–Crippen LogP) is 3.97. The van der Waals surface area contributed by atoms with Gasteiger partial charge < -0.3 is 10.2 Å². The molecule has 146 valence electrons. The van der Waals surface area contributed by atoms with Crippen LogP contribution in [0.1, 0.15) is 52.0 Å². The highest BCUT2D eigenvalue weighted by Crippen LogP contribution is 2.20. The molecule has 1 aliphatic heterocycles. The molecular weight excluding hydrogens is 359 g/mol. The smallest absolute Gasteiger partial charge is 0.253 e. The van der Waals surface area contributed by atoms with Crippen LogP contribution >= 0.6 is 0 Å². The van der Waals surface area contributed by atoms with Crippen LogP contribution in [0.15, 0.2) is 42.5 Å². The SMILES string of the molecule is Cc1cc(C(=O)N2CCCC2)ccc1NC(=O)CCC(=O)c1ccc(F)cc1. The molecule has 28 heavy (non-hydrogen) atoms. The summed E-state index contributed by atoms with van der Waals surface area (Å²) < 4.78 is 12.9. The summed E-state index contributed by atoms with van der Waals surface area (Å²) in [5.41, 5.74) is 2.42. The third-order valence-electron chi connectivity index (χ3n) is 4.89. The lowest BCUT2D eigenvalue weighted by molar-refractivity contribution is -0.116. The van der Waals surface area contributed by atoms with E-state index in [-0.39, 0.29) is 30.4 Å². The van der Waals surface area contributed by atoms with Gasteiger partial charge in [0.05, 0.1) is 0 Å². The number of hydrogen-bond acceptors (Lipinski definition) is 3. The summed E-state index contributed by atoms with van der Waals surface area (Å²) in [4.78, 5) is 38.5. The van der Waals surface area contributed by atoms with E-state index in [2.05, 4.69) is 5.32 Å². The second kappa shape index (κ2) is 8.78. The molecule has 0 aromatic heterocycles. The predicted molar refractivity (Wildman–Crippen MR) is 105 cm³/mol. The molecule has 6 heteroatoms. The Balaban J connectivity index is 1.55. The van der Waals surface area contributed by atoms with Crippen molar-refractivity contribution in [3.8, 4) is 0 Å². The lowest BCUT2D eigenvalue weighted by atomic mass is 10.1. The van der Waals surface area contributed by atoms with Crippen LogP contribution < -0.4 is 5.32 Å². The maximum atomic E-state index is 12.9. The topological polar surface area (TPSA) is 66.5 Å². The third kappa shape index (κ3) is 4.82. The van der Waals surface area contributed by atoms with Gasteiger partial charge in [-0.05, 0) is 67.8 Å². The van der Waals surface area contributed by atoms with Crippen molar-refractivity contribution < 1.29 is 18.8 Å². The first-order valence-electron chi connectivity index (χ1n) is 9.42. The van der Waals surface area contributed by atoms with Gasteiger partial charge in [-0.3, -0.25) is 14.4 Å².